The highest BCUT2D eigenvalue weighted by Crippen LogP contribution is 2.15. The molecular formula is C9H14NS+. The van der Waals surface area contributed by atoms with E-state index in [0.717, 1.165) is 5.75 Å². The Balaban J connectivity index is 2.49. The second-order valence-electron chi connectivity index (χ2n) is 2.91. The van der Waals surface area contributed by atoms with Crippen molar-refractivity contribution in [2.24, 2.45) is 0 Å². The summed E-state index contributed by atoms with van der Waals surface area (Å²) in [6.07, 6.45) is 3.42. The lowest BCUT2D eigenvalue weighted by Crippen LogP contribution is -1.94. The van der Waals surface area contributed by atoms with E-state index in [-0.39, 0.29) is 0 Å². The Bertz CT molecular complexity index is 207. The number of thioether (sulfide) groups is 1. The molecule has 0 spiro atoms. The summed E-state index contributed by atoms with van der Waals surface area (Å²) in [5.74, 6) is 2.35. The lowest BCUT2D eigenvalue weighted by molar-refractivity contribution is 0.976. The van der Waals surface area contributed by atoms with Crippen LogP contribution in [-0.2, 0) is 0 Å². The second kappa shape index (κ2) is 4.46. The van der Waals surface area contributed by atoms with Crippen molar-refractivity contribution < 1.29 is 0 Å². The van der Waals surface area contributed by atoms with Crippen molar-refractivity contribution in [2.45, 2.75) is 26.3 Å². The normalized spacial score (nSPS) is 17.2. The van der Waals surface area contributed by atoms with Gasteiger partial charge < -0.3 is 0 Å². The lowest BCUT2D eigenvalue weighted by atomic mass is 10.2. The van der Waals surface area contributed by atoms with Gasteiger partial charge in [0, 0.05) is 19.6 Å². The van der Waals surface area contributed by atoms with Crippen molar-refractivity contribution in [3.05, 3.63) is 16.5 Å². The van der Waals surface area contributed by atoms with Crippen LogP contribution in [0.25, 0.3) is 4.85 Å². The highest BCUT2D eigenvalue weighted by Gasteiger charge is 2.06. The number of hydrogen-bond acceptors (Lipinski definition) is 1. The smallest absolute Gasteiger partial charge is 0.156 e. The SMILES string of the molecule is CC(C)[N+]#CC1=CCCSC1. The predicted molar refractivity (Wildman–Crippen MR) is 52.4 cm³/mol. The molecule has 0 N–H and O–H groups in total. The molecule has 0 saturated heterocycles. The summed E-state index contributed by atoms with van der Waals surface area (Å²) in [6, 6.07) is 3.46. The second-order valence-corrected chi connectivity index (χ2v) is 4.01. The largest absolute Gasteiger partial charge is 0.307 e. The molecule has 60 valence electrons. The van der Waals surface area contributed by atoms with Gasteiger partial charge in [0.1, 0.15) is 0 Å². The molecule has 0 bridgehead atoms. The first-order valence-electron chi connectivity index (χ1n) is 4.01. The van der Waals surface area contributed by atoms with Crippen molar-refractivity contribution >= 4 is 11.8 Å². The van der Waals surface area contributed by atoms with Gasteiger partial charge in [0.15, 0.2) is 0 Å². The maximum atomic E-state index is 4.22. The monoisotopic (exact) mass is 168 g/mol. The molecule has 11 heavy (non-hydrogen) atoms. The van der Waals surface area contributed by atoms with Gasteiger partial charge >= 0.3 is 6.07 Å². The number of hydrogen-bond donors (Lipinski definition) is 0. The number of nitrogens with zero attached hydrogens (tertiary/aromatic N) is 1. The number of allylic oxidation sites excluding steroid dienone is 1. The van der Waals surface area contributed by atoms with Crippen LogP contribution in [-0.4, -0.2) is 17.5 Å². The van der Waals surface area contributed by atoms with Crippen LogP contribution in [0, 0.1) is 6.07 Å². The first-order chi connectivity index (χ1) is 5.29. The Morgan fingerprint density at radius 3 is 3.00 bits per heavy atom. The standard InChI is InChI=1S/C9H14NS/c1-8(2)10-6-9-4-3-5-11-7-9/h4,8H,3,5,7H2,1-2H3/q+1. The Morgan fingerprint density at radius 1 is 1.64 bits per heavy atom. The average molecular weight is 168 g/mol. The van der Waals surface area contributed by atoms with Crippen molar-refractivity contribution in [3.63, 3.8) is 0 Å². The molecule has 1 aliphatic heterocycles. The topological polar surface area (TPSA) is 4.36 Å². The molecule has 0 aromatic rings. The van der Waals surface area contributed by atoms with Gasteiger partial charge in [0.05, 0.1) is 5.57 Å². The lowest BCUT2D eigenvalue weighted by Gasteiger charge is -2.01. The van der Waals surface area contributed by atoms with Gasteiger partial charge in [-0.15, -0.1) is 0 Å². The molecule has 1 heterocycles. The van der Waals surface area contributed by atoms with Gasteiger partial charge in [-0.05, 0) is 12.2 Å². The maximum absolute atomic E-state index is 4.22. The van der Waals surface area contributed by atoms with Gasteiger partial charge in [0.25, 0.3) is 6.04 Å². The van der Waals surface area contributed by atoms with Crippen molar-refractivity contribution in [1.82, 2.24) is 0 Å². The third-order valence-corrected chi connectivity index (χ3v) is 2.42. The van der Waals surface area contributed by atoms with Gasteiger partial charge in [-0.25, -0.2) is 0 Å². The highest BCUT2D eigenvalue weighted by atomic mass is 32.2. The van der Waals surface area contributed by atoms with Crippen LogP contribution in [0.3, 0.4) is 0 Å². The molecule has 0 aromatic heterocycles. The molecule has 1 aliphatic rings. The van der Waals surface area contributed by atoms with Crippen molar-refractivity contribution in [3.8, 4) is 6.07 Å². The molecule has 0 aliphatic carbocycles. The third-order valence-electron chi connectivity index (χ3n) is 1.38. The van der Waals surface area contributed by atoms with Crippen LogP contribution < -0.4 is 0 Å². The van der Waals surface area contributed by atoms with Crippen molar-refractivity contribution in [2.75, 3.05) is 11.5 Å². The van der Waals surface area contributed by atoms with E-state index in [2.05, 4.69) is 30.8 Å². The van der Waals surface area contributed by atoms with Crippen molar-refractivity contribution in [1.29, 1.82) is 0 Å². The minimum Gasteiger partial charge on any atom is -0.156 e. The van der Waals surface area contributed by atoms with Crippen LogP contribution >= 0.6 is 11.8 Å². The van der Waals surface area contributed by atoms with E-state index in [0.29, 0.717) is 6.04 Å². The zero-order valence-corrected chi connectivity index (χ0v) is 7.95. The Kier molecular flexibility index (Phi) is 3.51. The fourth-order valence-electron chi connectivity index (χ4n) is 0.847. The van der Waals surface area contributed by atoms with Crippen LogP contribution in [0.15, 0.2) is 11.6 Å². The minimum atomic E-state index is 0.378. The third kappa shape index (κ3) is 3.48. The molecule has 0 atom stereocenters. The summed E-state index contributed by atoms with van der Waals surface area (Å²) in [4.78, 5) is 4.22. The van der Waals surface area contributed by atoms with Crippen LogP contribution in [0.5, 0.6) is 0 Å². The predicted octanol–water partition coefficient (Wildman–Crippen LogP) is 2.79. The average Bonchev–Trinajstić information content (AvgIpc) is 2.03. The van der Waals surface area contributed by atoms with E-state index < -0.39 is 0 Å². The maximum Gasteiger partial charge on any atom is 0.307 e. The van der Waals surface area contributed by atoms with E-state index in [9.17, 15) is 0 Å². The number of rotatable bonds is 0. The fourth-order valence-corrected chi connectivity index (χ4v) is 1.68. The Labute approximate surface area is 72.7 Å². The van der Waals surface area contributed by atoms with E-state index >= 15 is 0 Å². The summed E-state index contributed by atoms with van der Waals surface area (Å²) >= 11 is 1.96. The molecule has 0 aromatic carbocycles. The summed E-state index contributed by atoms with van der Waals surface area (Å²) in [5.41, 5.74) is 1.27. The zero-order chi connectivity index (χ0) is 8.10. The first-order valence-corrected chi connectivity index (χ1v) is 5.17. The van der Waals surface area contributed by atoms with Gasteiger partial charge in [-0.3, -0.25) is 0 Å². The van der Waals surface area contributed by atoms with E-state index in [4.69, 9.17) is 0 Å². The van der Waals surface area contributed by atoms with E-state index in [1.807, 2.05) is 11.8 Å². The molecule has 0 saturated carbocycles. The fraction of sp³-hybridized carbons (Fsp3) is 0.667. The molecule has 1 nitrogen and oxygen atoms in total. The Hall–Kier alpha value is -0.420. The highest BCUT2D eigenvalue weighted by molar-refractivity contribution is 7.99. The van der Waals surface area contributed by atoms with Crippen LogP contribution in [0.1, 0.15) is 20.3 Å². The summed E-state index contributed by atoms with van der Waals surface area (Å²) in [6.45, 7) is 4.15. The van der Waals surface area contributed by atoms with Gasteiger partial charge in [-0.1, -0.05) is 10.9 Å². The van der Waals surface area contributed by atoms with Gasteiger partial charge in [0.2, 0.25) is 0 Å². The van der Waals surface area contributed by atoms with Gasteiger partial charge in [-0.2, -0.15) is 11.8 Å². The summed E-state index contributed by atoms with van der Waals surface area (Å²) in [7, 11) is 0. The molecule has 0 fully saturated rings. The molecule has 0 amide bonds. The molecule has 2 heteroatoms. The van der Waals surface area contributed by atoms with E-state index in [1.54, 1.807) is 0 Å². The molecule has 0 radical (unpaired) electrons. The van der Waals surface area contributed by atoms with Crippen LogP contribution in [0.4, 0.5) is 0 Å². The molecular weight excluding hydrogens is 154 g/mol. The summed E-state index contributed by atoms with van der Waals surface area (Å²) < 4.78 is 0. The first kappa shape index (κ1) is 8.67. The molecule has 0 unspecified atom stereocenters. The van der Waals surface area contributed by atoms with E-state index in [1.165, 1.54) is 17.7 Å². The Morgan fingerprint density at radius 2 is 2.45 bits per heavy atom. The van der Waals surface area contributed by atoms with Crippen LogP contribution in [0.2, 0.25) is 0 Å². The molecule has 1 rings (SSSR count). The summed E-state index contributed by atoms with van der Waals surface area (Å²) in [5, 5.41) is 0. The minimum absolute atomic E-state index is 0.378. The zero-order valence-electron chi connectivity index (χ0n) is 7.13. The quantitative estimate of drug-likeness (QED) is 0.538.